The van der Waals surface area contributed by atoms with E-state index in [9.17, 15) is 4.79 Å². The van der Waals surface area contributed by atoms with Crippen LogP contribution in [0.2, 0.25) is 0 Å². The molecule has 2 N–H and O–H groups in total. The third-order valence-corrected chi connectivity index (χ3v) is 5.75. The second-order valence-electron chi connectivity index (χ2n) is 6.84. The van der Waals surface area contributed by atoms with Gasteiger partial charge in [0.1, 0.15) is 13.2 Å². The summed E-state index contributed by atoms with van der Waals surface area (Å²) in [7, 11) is 0. The number of urea groups is 1. The molecule has 1 aliphatic heterocycles. The number of nitrogens with zero attached hydrogens (tertiary/aromatic N) is 1. The van der Waals surface area contributed by atoms with E-state index in [0.717, 1.165) is 21.3 Å². The van der Waals surface area contributed by atoms with Gasteiger partial charge in [-0.25, -0.2) is 9.78 Å². The first-order valence-electron chi connectivity index (χ1n) is 9.64. The molecule has 0 bridgehead atoms. The van der Waals surface area contributed by atoms with E-state index >= 15 is 0 Å². The van der Waals surface area contributed by atoms with E-state index < -0.39 is 0 Å². The first-order chi connectivity index (χ1) is 14.8. The number of hydrogen-bond acceptors (Lipinski definition) is 5. The minimum Gasteiger partial charge on any atom is -0.486 e. The number of ether oxygens (including phenoxy) is 2. The predicted octanol–water partition coefficient (Wildman–Crippen LogP) is 4.98. The molecule has 1 aromatic heterocycles. The van der Waals surface area contributed by atoms with Gasteiger partial charge in [0.25, 0.3) is 0 Å². The number of rotatable bonds is 4. The van der Waals surface area contributed by atoms with Crippen molar-refractivity contribution in [2.45, 2.75) is 6.04 Å². The van der Waals surface area contributed by atoms with E-state index in [1.54, 1.807) is 0 Å². The molecule has 0 atom stereocenters. The molecule has 0 unspecified atom stereocenters. The lowest BCUT2D eigenvalue weighted by Gasteiger charge is -2.19. The van der Waals surface area contributed by atoms with Gasteiger partial charge in [-0.15, -0.1) is 0 Å². The zero-order chi connectivity index (χ0) is 20.3. The number of aromatic nitrogens is 1. The molecule has 150 valence electrons. The molecule has 5 rings (SSSR count). The average molecular weight is 417 g/mol. The van der Waals surface area contributed by atoms with E-state index in [-0.39, 0.29) is 12.1 Å². The smallest absolute Gasteiger partial charge is 0.321 e. The van der Waals surface area contributed by atoms with Crippen molar-refractivity contribution in [1.82, 2.24) is 10.3 Å². The fraction of sp³-hybridized carbons (Fsp3) is 0.130. The number of carbonyl (C=O) groups is 1. The van der Waals surface area contributed by atoms with Crippen LogP contribution in [0.3, 0.4) is 0 Å². The highest BCUT2D eigenvalue weighted by Crippen LogP contribution is 2.37. The Labute approximate surface area is 177 Å². The fourth-order valence-electron chi connectivity index (χ4n) is 3.43. The molecular weight excluding hydrogens is 398 g/mol. The van der Waals surface area contributed by atoms with Crippen molar-refractivity contribution in [2.24, 2.45) is 0 Å². The zero-order valence-electron chi connectivity index (χ0n) is 16.0. The molecule has 6 nitrogen and oxygen atoms in total. The SMILES string of the molecule is O=C(Nc1nc2cc3c(cc2s1)OCCO3)NC(c1ccccc1)c1ccccc1. The molecule has 0 fully saturated rings. The third-order valence-electron chi connectivity index (χ3n) is 4.81. The van der Waals surface area contributed by atoms with Crippen molar-refractivity contribution in [3.8, 4) is 11.5 Å². The molecule has 4 aromatic rings. The third kappa shape index (κ3) is 3.79. The number of carbonyl (C=O) groups excluding carboxylic acids is 1. The highest BCUT2D eigenvalue weighted by molar-refractivity contribution is 7.22. The number of nitrogens with one attached hydrogen (secondary N) is 2. The number of amides is 2. The van der Waals surface area contributed by atoms with Crippen molar-refractivity contribution in [3.63, 3.8) is 0 Å². The van der Waals surface area contributed by atoms with Gasteiger partial charge in [-0.05, 0) is 11.1 Å². The largest absolute Gasteiger partial charge is 0.486 e. The quantitative estimate of drug-likeness (QED) is 0.491. The minimum atomic E-state index is -0.316. The Hall–Kier alpha value is -3.58. The predicted molar refractivity (Wildman–Crippen MR) is 117 cm³/mol. The Morgan fingerprint density at radius 2 is 1.50 bits per heavy atom. The van der Waals surface area contributed by atoms with Crippen LogP contribution in [0.25, 0.3) is 10.2 Å². The van der Waals surface area contributed by atoms with Crippen molar-refractivity contribution < 1.29 is 14.3 Å². The molecule has 0 spiro atoms. The van der Waals surface area contributed by atoms with Crippen LogP contribution in [-0.2, 0) is 0 Å². The summed E-state index contributed by atoms with van der Waals surface area (Å²) in [4.78, 5) is 17.3. The molecule has 1 aliphatic rings. The molecular formula is C23H19N3O3S. The van der Waals surface area contributed by atoms with Crippen LogP contribution in [-0.4, -0.2) is 24.2 Å². The maximum absolute atomic E-state index is 12.8. The summed E-state index contributed by atoms with van der Waals surface area (Å²) in [6.07, 6.45) is 0. The van der Waals surface area contributed by atoms with Crippen LogP contribution in [0.4, 0.5) is 9.93 Å². The maximum atomic E-state index is 12.8. The van der Waals surface area contributed by atoms with Gasteiger partial charge in [0.2, 0.25) is 0 Å². The van der Waals surface area contributed by atoms with Crippen molar-refractivity contribution in [2.75, 3.05) is 18.5 Å². The first-order valence-corrected chi connectivity index (χ1v) is 10.5. The molecule has 2 heterocycles. The van der Waals surface area contributed by atoms with Crippen LogP contribution in [0.15, 0.2) is 72.8 Å². The standard InChI is InChI=1S/C23H19N3O3S/c27-22(25-21(15-7-3-1-4-8-15)16-9-5-2-6-10-16)26-23-24-17-13-18-19(14-20(17)30-23)29-12-11-28-18/h1-10,13-14,21H,11-12H2,(H2,24,25,26,27). The Morgan fingerprint density at radius 3 is 2.13 bits per heavy atom. The molecule has 7 heteroatoms. The van der Waals surface area contributed by atoms with Gasteiger partial charge >= 0.3 is 6.03 Å². The second kappa shape index (κ2) is 8.04. The van der Waals surface area contributed by atoms with Gasteiger partial charge in [-0.3, -0.25) is 5.32 Å². The maximum Gasteiger partial charge on any atom is 0.321 e. The van der Waals surface area contributed by atoms with E-state index in [1.165, 1.54) is 11.3 Å². The van der Waals surface area contributed by atoms with Gasteiger partial charge in [-0.1, -0.05) is 72.0 Å². The van der Waals surface area contributed by atoms with Crippen LogP contribution in [0.5, 0.6) is 11.5 Å². The van der Waals surface area contributed by atoms with Crippen LogP contribution < -0.4 is 20.1 Å². The lowest BCUT2D eigenvalue weighted by atomic mass is 9.99. The highest BCUT2D eigenvalue weighted by atomic mass is 32.1. The van der Waals surface area contributed by atoms with Gasteiger partial charge in [0.05, 0.1) is 16.3 Å². The summed E-state index contributed by atoms with van der Waals surface area (Å²) < 4.78 is 12.2. The fourth-order valence-corrected chi connectivity index (χ4v) is 4.30. The minimum absolute atomic E-state index is 0.268. The molecule has 0 saturated carbocycles. The molecule has 0 saturated heterocycles. The summed E-state index contributed by atoms with van der Waals surface area (Å²) in [5.41, 5.74) is 2.78. The lowest BCUT2D eigenvalue weighted by Crippen LogP contribution is -2.33. The first kappa shape index (κ1) is 18.4. The number of anilines is 1. The van der Waals surface area contributed by atoms with Gasteiger partial charge in [0, 0.05) is 12.1 Å². The monoisotopic (exact) mass is 417 g/mol. The highest BCUT2D eigenvalue weighted by Gasteiger charge is 2.19. The summed E-state index contributed by atoms with van der Waals surface area (Å²) >= 11 is 1.40. The molecule has 0 aliphatic carbocycles. The van der Waals surface area contributed by atoms with Crippen molar-refractivity contribution >= 4 is 32.7 Å². The second-order valence-corrected chi connectivity index (χ2v) is 7.87. The molecule has 2 amide bonds. The molecule has 30 heavy (non-hydrogen) atoms. The Kier molecular flexibility index (Phi) is 4.94. The molecule has 0 radical (unpaired) electrons. The summed E-state index contributed by atoms with van der Waals surface area (Å²) in [6.45, 7) is 1.06. The zero-order valence-corrected chi connectivity index (χ0v) is 16.8. The number of benzene rings is 3. The normalized spacial score (nSPS) is 12.7. The Morgan fingerprint density at radius 1 is 0.900 bits per heavy atom. The Balaban J connectivity index is 1.37. The van der Waals surface area contributed by atoms with Gasteiger partial charge < -0.3 is 14.8 Å². The van der Waals surface area contributed by atoms with Crippen molar-refractivity contribution in [1.29, 1.82) is 0 Å². The van der Waals surface area contributed by atoms with Crippen LogP contribution >= 0.6 is 11.3 Å². The lowest BCUT2D eigenvalue weighted by molar-refractivity contribution is 0.172. The number of hydrogen-bond donors (Lipinski definition) is 2. The van der Waals surface area contributed by atoms with E-state index in [4.69, 9.17) is 9.47 Å². The van der Waals surface area contributed by atoms with Gasteiger partial charge in [0.15, 0.2) is 16.6 Å². The number of fused-ring (bicyclic) bond motifs is 2. The Bertz CT molecular complexity index is 1100. The number of thiazole rings is 1. The summed E-state index contributed by atoms with van der Waals surface area (Å²) in [5.74, 6) is 1.39. The van der Waals surface area contributed by atoms with Crippen molar-refractivity contribution in [3.05, 3.63) is 83.9 Å². The van der Waals surface area contributed by atoms with Gasteiger partial charge in [-0.2, -0.15) is 0 Å². The molecule has 3 aromatic carbocycles. The van der Waals surface area contributed by atoms with E-state index in [2.05, 4.69) is 15.6 Å². The summed E-state index contributed by atoms with van der Waals surface area (Å²) in [5, 5.41) is 6.45. The van der Waals surface area contributed by atoms with E-state index in [0.29, 0.717) is 29.8 Å². The van der Waals surface area contributed by atoms with E-state index in [1.807, 2.05) is 72.8 Å². The van der Waals surface area contributed by atoms with Crippen LogP contribution in [0.1, 0.15) is 17.2 Å². The topological polar surface area (TPSA) is 72.5 Å². The summed E-state index contributed by atoms with van der Waals surface area (Å²) in [6, 6.07) is 22.9. The average Bonchev–Trinajstić information content (AvgIpc) is 3.17. The van der Waals surface area contributed by atoms with Crippen LogP contribution in [0, 0.1) is 0 Å².